The van der Waals surface area contributed by atoms with Crippen molar-refractivity contribution >= 4 is 22.6 Å². The third-order valence-corrected chi connectivity index (χ3v) is 2.93. The largest absolute Gasteiger partial charge is 0.326 e. The van der Waals surface area contributed by atoms with E-state index in [9.17, 15) is 0 Å². The highest BCUT2D eigenvalue weighted by molar-refractivity contribution is 6.31. The molecule has 0 bridgehead atoms. The second kappa shape index (κ2) is 4.67. The molecule has 0 aliphatic rings. The van der Waals surface area contributed by atoms with Gasteiger partial charge in [-0.1, -0.05) is 25.4 Å². The lowest BCUT2D eigenvalue weighted by Gasteiger charge is -2.13. The first-order chi connectivity index (χ1) is 7.99. The summed E-state index contributed by atoms with van der Waals surface area (Å²) >= 11 is 5.99. The molecule has 0 radical (unpaired) electrons. The Morgan fingerprint density at radius 1 is 1.35 bits per heavy atom. The van der Waals surface area contributed by atoms with E-state index in [2.05, 4.69) is 23.4 Å². The highest BCUT2D eigenvalue weighted by atomic mass is 35.5. The number of nitrogens with two attached hydrogens (primary N) is 1. The fraction of sp³-hybridized carbons (Fsp3) is 0.462. The summed E-state index contributed by atoms with van der Waals surface area (Å²) < 4.78 is 2.20. The Kier molecular flexibility index (Phi) is 3.40. The quantitative estimate of drug-likeness (QED) is 0.909. The predicted molar refractivity (Wildman–Crippen MR) is 72.2 cm³/mol. The van der Waals surface area contributed by atoms with Crippen molar-refractivity contribution < 1.29 is 0 Å². The highest BCUT2D eigenvalue weighted by Crippen LogP contribution is 2.23. The van der Waals surface area contributed by atoms with Crippen molar-refractivity contribution in [3.63, 3.8) is 0 Å². The number of halogens is 1. The first kappa shape index (κ1) is 12.4. The number of nitrogens with zero attached hydrogens (tertiary/aromatic N) is 2. The zero-order valence-electron chi connectivity index (χ0n) is 10.4. The van der Waals surface area contributed by atoms with E-state index in [4.69, 9.17) is 17.3 Å². The Bertz CT molecular complexity index is 529. The summed E-state index contributed by atoms with van der Waals surface area (Å²) in [5.74, 6) is 1.48. The van der Waals surface area contributed by atoms with E-state index in [0.29, 0.717) is 10.9 Å². The minimum absolute atomic E-state index is 0.0695. The summed E-state index contributed by atoms with van der Waals surface area (Å²) in [4.78, 5) is 4.58. The van der Waals surface area contributed by atoms with Gasteiger partial charge in [0, 0.05) is 11.6 Å². The van der Waals surface area contributed by atoms with E-state index in [-0.39, 0.29) is 6.04 Å². The molecule has 2 aromatic rings. The van der Waals surface area contributed by atoms with Crippen LogP contribution in [0.5, 0.6) is 0 Å². The van der Waals surface area contributed by atoms with Gasteiger partial charge >= 0.3 is 0 Å². The van der Waals surface area contributed by atoms with E-state index in [1.807, 2.05) is 25.1 Å². The Balaban J connectivity index is 2.62. The Morgan fingerprint density at radius 3 is 2.65 bits per heavy atom. The molecule has 1 atom stereocenters. The van der Waals surface area contributed by atoms with Gasteiger partial charge in [0.1, 0.15) is 5.82 Å². The summed E-state index contributed by atoms with van der Waals surface area (Å²) in [7, 11) is 0. The number of hydrogen-bond acceptors (Lipinski definition) is 2. The molecule has 0 saturated carbocycles. The molecule has 0 unspecified atom stereocenters. The van der Waals surface area contributed by atoms with Crippen molar-refractivity contribution in [2.45, 2.75) is 33.4 Å². The number of aromatic nitrogens is 2. The van der Waals surface area contributed by atoms with Gasteiger partial charge in [-0.05, 0) is 31.0 Å². The zero-order chi connectivity index (χ0) is 12.6. The number of benzene rings is 1. The van der Waals surface area contributed by atoms with Gasteiger partial charge in [0.25, 0.3) is 0 Å². The topological polar surface area (TPSA) is 43.8 Å². The third kappa shape index (κ3) is 2.45. The molecule has 3 nitrogen and oxygen atoms in total. The second-order valence-electron chi connectivity index (χ2n) is 4.90. The van der Waals surface area contributed by atoms with Crippen molar-refractivity contribution in [3.05, 3.63) is 29.0 Å². The van der Waals surface area contributed by atoms with Crippen molar-refractivity contribution in [2.75, 3.05) is 0 Å². The minimum Gasteiger partial charge on any atom is -0.326 e. The molecule has 0 aliphatic heterocycles. The maximum atomic E-state index is 5.99. The molecule has 1 aromatic carbocycles. The fourth-order valence-electron chi connectivity index (χ4n) is 2.03. The van der Waals surface area contributed by atoms with Crippen LogP contribution < -0.4 is 5.73 Å². The van der Waals surface area contributed by atoms with Gasteiger partial charge in [-0.3, -0.25) is 0 Å². The molecule has 0 aliphatic carbocycles. The van der Waals surface area contributed by atoms with Gasteiger partial charge in [0.05, 0.1) is 17.1 Å². The van der Waals surface area contributed by atoms with Crippen LogP contribution in [0, 0.1) is 5.92 Å². The molecular weight excluding hydrogens is 234 g/mol. The molecule has 4 heteroatoms. The van der Waals surface area contributed by atoms with Crippen LogP contribution in [0.1, 0.15) is 32.6 Å². The van der Waals surface area contributed by atoms with Gasteiger partial charge in [-0.25, -0.2) is 4.98 Å². The molecule has 2 N–H and O–H groups in total. The van der Waals surface area contributed by atoms with E-state index in [1.165, 1.54) is 0 Å². The van der Waals surface area contributed by atoms with Gasteiger partial charge in [0.15, 0.2) is 0 Å². The monoisotopic (exact) mass is 251 g/mol. The smallest absolute Gasteiger partial charge is 0.126 e. The van der Waals surface area contributed by atoms with E-state index in [1.54, 1.807) is 0 Å². The molecule has 0 amide bonds. The van der Waals surface area contributed by atoms with Gasteiger partial charge in [-0.15, -0.1) is 0 Å². The van der Waals surface area contributed by atoms with Crippen molar-refractivity contribution in [3.8, 4) is 0 Å². The van der Waals surface area contributed by atoms with Crippen LogP contribution in [0.4, 0.5) is 0 Å². The first-order valence-corrected chi connectivity index (χ1v) is 6.28. The van der Waals surface area contributed by atoms with E-state index >= 15 is 0 Å². The maximum Gasteiger partial charge on any atom is 0.126 e. The van der Waals surface area contributed by atoms with Crippen LogP contribution in [0.3, 0.4) is 0 Å². The molecule has 92 valence electrons. The van der Waals surface area contributed by atoms with Crippen LogP contribution in [-0.2, 0) is 6.54 Å². The van der Waals surface area contributed by atoms with Crippen molar-refractivity contribution in [1.82, 2.24) is 9.55 Å². The van der Waals surface area contributed by atoms with Crippen molar-refractivity contribution in [2.24, 2.45) is 11.7 Å². The van der Waals surface area contributed by atoms with Crippen LogP contribution in [0.2, 0.25) is 5.02 Å². The Morgan fingerprint density at radius 2 is 2.06 bits per heavy atom. The van der Waals surface area contributed by atoms with Gasteiger partial charge in [0.2, 0.25) is 0 Å². The molecule has 1 heterocycles. The summed E-state index contributed by atoms with van der Waals surface area (Å²) in [6.07, 6.45) is 0. The lowest BCUT2D eigenvalue weighted by atomic mass is 10.2. The molecule has 0 saturated heterocycles. The Hall–Kier alpha value is -1.06. The first-order valence-electron chi connectivity index (χ1n) is 5.90. The third-order valence-electron chi connectivity index (χ3n) is 2.69. The number of rotatable bonds is 3. The molecule has 0 fully saturated rings. The fourth-order valence-corrected chi connectivity index (χ4v) is 2.19. The number of imidazole rings is 1. The number of hydrogen-bond donors (Lipinski definition) is 1. The predicted octanol–water partition coefficient (Wildman–Crippen LogP) is 3.37. The number of fused-ring (bicyclic) bond motifs is 1. The Labute approximate surface area is 107 Å². The van der Waals surface area contributed by atoms with Crippen molar-refractivity contribution in [1.29, 1.82) is 0 Å². The standard InChI is InChI=1S/C13H18ClN3/c1-8(2)7-17-12-5-4-10(14)6-11(12)16-13(17)9(3)15/h4-6,8-9H,7,15H2,1-3H3/t9-/m0/s1. The van der Waals surface area contributed by atoms with Crippen LogP contribution in [0.15, 0.2) is 18.2 Å². The second-order valence-corrected chi connectivity index (χ2v) is 5.33. The molecular formula is C13H18ClN3. The van der Waals surface area contributed by atoms with Gasteiger partial charge in [-0.2, -0.15) is 0 Å². The normalized spacial score (nSPS) is 13.5. The lowest BCUT2D eigenvalue weighted by Crippen LogP contribution is -2.15. The highest BCUT2D eigenvalue weighted by Gasteiger charge is 2.14. The van der Waals surface area contributed by atoms with E-state index in [0.717, 1.165) is 23.4 Å². The van der Waals surface area contributed by atoms with Crippen LogP contribution in [-0.4, -0.2) is 9.55 Å². The summed E-state index contributed by atoms with van der Waals surface area (Å²) in [5.41, 5.74) is 8.00. The maximum absolute atomic E-state index is 5.99. The summed E-state index contributed by atoms with van der Waals surface area (Å²) in [6, 6.07) is 5.73. The molecule has 1 aromatic heterocycles. The summed E-state index contributed by atoms with van der Waals surface area (Å²) in [6.45, 7) is 7.26. The average molecular weight is 252 g/mol. The van der Waals surface area contributed by atoms with E-state index < -0.39 is 0 Å². The summed E-state index contributed by atoms with van der Waals surface area (Å²) in [5, 5.41) is 0.711. The van der Waals surface area contributed by atoms with Crippen LogP contribution >= 0.6 is 11.6 Å². The lowest BCUT2D eigenvalue weighted by molar-refractivity contribution is 0.505. The SMILES string of the molecule is CC(C)Cn1c([C@H](C)N)nc2cc(Cl)ccc21. The minimum atomic E-state index is -0.0695. The van der Waals surface area contributed by atoms with Gasteiger partial charge < -0.3 is 10.3 Å². The zero-order valence-corrected chi connectivity index (χ0v) is 11.2. The molecule has 2 rings (SSSR count). The average Bonchev–Trinajstić information content (AvgIpc) is 2.55. The molecule has 17 heavy (non-hydrogen) atoms. The molecule has 0 spiro atoms. The van der Waals surface area contributed by atoms with Crippen LogP contribution in [0.25, 0.3) is 11.0 Å².